The first-order valence-corrected chi connectivity index (χ1v) is 5.32. The van der Waals surface area contributed by atoms with E-state index in [9.17, 15) is 10.1 Å². The molecule has 1 rings (SSSR count). The summed E-state index contributed by atoms with van der Waals surface area (Å²) >= 11 is 0. The number of nitro groups is 1. The maximum absolute atomic E-state index is 10.8. The molecular weight excluding hydrogens is 204 g/mol. The fourth-order valence-corrected chi connectivity index (χ4v) is 1.20. The standard InChI is InChI=1S/C12H18N2O2/c1-9(12(2,3)4)13-10-7-5-6-8-11(10)14(15)16/h5-9,13H,1-4H3/t9-/m0/s1. The molecule has 0 aliphatic rings. The van der Waals surface area contributed by atoms with Gasteiger partial charge in [-0.2, -0.15) is 0 Å². The molecule has 1 aromatic carbocycles. The molecular formula is C12H18N2O2. The average molecular weight is 222 g/mol. The van der Waals surface area contributed by atoms with Gasteiger partial charge in [0.1, 0.15) is 5.69 Å². The van der Waals surface area contributed by atoms with Gasteiger partial charge in [-0.1, -0.05) is 32.9 Å². The van der Waals surface area contributed by atoms with Crippen molar-refractivity contribution >= 4 is 11.4 Å². The Labute approximate surface area is 95.8 Å². The van der Waals surface area contributed by atoms with E-state index in [0.29, 0.717) is 5.69 Å². The van der Waals surface area contributed by atoms with E-state index < -0.39 is 0 Å². The number of rotatable bonds is 3. The van der Waals surface area contributed by atoms with Gasteiger partial charge in [0.2, 0.25) is 0 Å². The second-order valence-corrected chi connectivity index (χ2v) is 5.01. The molecule has 0 unspecified atom stereocenters. The van der Waals surface area contributed by atoms with Crippen LogP contribution >= 0.6 is 0 Å². The highest BCUT2D eigenvalue weighted by molar-refractivity contribution is 5.61. The molecule has 0 aromatic heterocycles. The van der Waals surface area contributed by atoms with Crippen molar-refractivity contribution in [1.29, 1.82) is 0 Å². The Kier molecular flexibility index (Phi) is 3.52. The maximum Gasteiger partial charge on any atom is 0.292 e. The lowest BCUT2D eigenvalue weighted by atomic mass is 9.88. The molecule has 0 aliphatic carbocycles. The fourth-order valence-electron chi connectivity index (χ4n) is 1.20. The number of nitro benzene ring substituents is 1. The highest BCUT2D eigenvalue weighted by atomic mass is 16.6. The Bertz CT molecular complexity index is 383. The first-order chi connectivity index (χ1) is 7.32. The second kappa shape index (κ2) is 4.51. The van der Waals surface area contributed by atoms with Gasteiger partial charge in [0.05, 0.1) is 4.92 Å². The van der Waals surface area contributed by atoms with Crippen LogP contribution in [-0.4, -0.2) is 11.0 Å². The molecule has 0 spiro atoms. The van der Waals surface area contributed by atoms with E-state index in [-0.39, 0.29) is 22.1 Å². The third-order valence-electron chi connectivity index (χ3n) is 2.77. The number of nitrogens with one attached hydrogen (secondary N) is 1. The SMILES string of the molecule is C[C@H](Nc1ccccc1[N+](=O)[O-])C(C)(C)C. The molecule has 0 saturated heterocycles. The van der Waals surface area contributed by atoms with Crippen LogP contribution in [-0.2, 0) is 0 Å². The predicted molar refractivity (Wildman–Crippen MR) is 65.6 cm³/mol. The van der Waals surface area contributed by atoms with E-state index in [2.05, 4.69) is 26.1 Å². The molecule has 0 saturated carbocycles. The van der Waals surface area contributed by atoms with E-state index >= 15 is 0 Å². The summed E-state index contributed by atoms with van der Waals surface area (Å²) in [4.78, 5) is 10.5. The number of benzene rings is 1. The zero-order valence-electron chi connectivity index (χ0n) is 10.2. The van der Waals surface area contributed by atoms with Crippen molar-refractivity contribution in [3.05, 3.63) is 34.4 Å². The Balaban J connectivity index is 2.93. The summed E-state index contributed by atoms with van der Waals surface area (Å²) in [6.45, 7) is 8.31. The molecule has 1 aromatic rings. The van der Waals surface area contributed by atoms with Gasteiger partial charge in [0.15, 0.2) is 0 Å². The minimum absolute atomic E-state index is 0.0592. The van der Waals surface area contributed by atoms with Crippen molar-refractivity contribution in [2.75, 3.05) is 5.32 Å². The summed E-state index contributed by atoms with van der Waals surface area (Å²) < 4.78 is 0. The van der Waals surface area contributed by atoms with Crippen LogP contribution in [0.1, 0.15) is 27.7 Å². The second-order valence-electron chi connectivity index (χ2n) is 5.01. The summed E-state index contributed by atoms with van der Waals surface area (Å²) in [5, 5.41) is 14.0. The maximum atomic E-state index is 10.8. The van der Waals surface area contributed by atoms with Gasteiger partial charge in [-0.15, -0.1) is 0 Å². The molecule has 0 fully saturated rings. The van der Waals surface area contributed by atoms with Gasteiger partial charge in [0.25, 0.3) is 5.69 Å². The third kappa shape index (κ3) is 2.95. The highest BCUT2D eigenvalue weighted by Crippen LogP contribution is 2.28. The molecule has 0 radical (unpaired) electrons. The van der Waals surface area contributed by atoms with E-state index in [0.717, 1.165) is 0 Å². The van der Waals surface area contributed by atoms with Crippen LogP contribution in [0, 0.1) is 15.5 Å². The van der Waals surface area contributed by atoms with Crippen LogP contribution in [0.25, 0.3) is 0 Å². The summed E-state index contributed by atoms with van der Waals surface area (Å²) in [6.07, 6.45) is 0. The van der Waals surface area contributed by atoms with Crippen molar-refractivity contribution in [3.8, 4) is 0 Å². The minimum Gasteiger partial charge on any atom is -0.377 e. The Hall–Kier alpha value is -1.58. The minimum atomic E-state index is -0.363. The van der Waals surface area contributed by atoms with E-state index in [1.165, 1.54) is 6.07 Å². The van der Waals surface area contributed by atoms with Crippen LogP contribution in [0.15, 0.2) is 24.3 Å². The summed E-state index contributed by atoms with van der Waals surface area (Å²) in [5.74, 6) is 0. The van der Waals surface area contributed by atoms with Crippen LogP contribution in [0.4, 0.5) is 11.4 Å². The zero-order valence-corrected chi connectivity index (χ0v) is 10.2. The van der Waals surface area contributed by atoms with Crippen molar-refractivity contribution in [3.63, 3.8) is 0 Å². The van der Waals surface area contributed by atoms with Gasteiger partial charge < -0.3 is 5.32 Å². The molecule has 0 heterocycles. The lowest BCUT2D eigenvalue weighted by Crippen LogP contribution is -2.31. The van der Waals surface area contributed by atoms with Crippen LogP contribution < -0.4 is 5.32 Å². The van der Waals surface area contributed by atoms with Crippen molar-refractivity contribution < 1.29 is 4.92 Å². The van der Waals surface area contributed by atoms with Crippen LogP contribution in [0.2, 0.25) is 0 Å². The lowest BCUT2D eigenvalue weighted by molar-refractivity contribution is -0.384. The molecule has 1 atom stereocenters. The summed E-state index contributed by atoms with van der Waals surface area (Å²) in [6, 6.07) is 6.88. The third-order valence-corrected chi connectivity index (χ3v) is 2.77. The van der Waals surface area contributed by atoms with Crippen molar-refractivity contribution in [1.82, 2.24) is 0 Å². The van der Waals surface area contributed by atoms with E-state index in [4.69, 9.17) is 0 Å². The first kappa shape index (κ1) is 12.5. The largest absolute Gasteiger partial charge is 0.377 e. The van der Waals surface area contributed by atoms with Crippen LogP contribution in [0.3, 0.4) is 0 Å². The van der Waals surface area contributed by atoms with Gasteiger partial charge in [-0.25, -0.2) is 0 Å². The molecule has 4 heteroatoms. The number of anilines is 1. The number of hydrogen-bond acceptors (Lipinski definition) is 3. The first-order valence-electron chi connectivity index (χ1n) is 5.32. The highest BCUT2D eigenvalue weighted by Gasteiger charge is 2.22. The molecule has 88 valence electrons. The fraction of sp³-hybridized carbons (Fsp3) is 0.500. The Morgan fingerprint density at radius 1 is 1.31 bits per heavy atom. The van der Waals surface area contributed by atoms with Crippen molar-refractivity contribution in [2.45, 2.75) is 33.7 Å². The summed E-state index contributed by atoms with van der Waals surface area (Å²) in [7, 11) is 0. The van der Waals surface area contributed by atoms with Gasteiger partial charge in [-0.05, 0) is 18.4 Å². The Morgan fingerprint density at radius 2 is 1.88 bits per heavy atom. The number of hydrogen-bond donors (Lipinski definition) is 1. The van der Waals surface area contributed by atoms with E-state index in [1.807, 2.05) is 6.92 Å². The lowest BCUT2D eigenvalue weighted by Gasteiger charge is -2.28. The predicted octanol–water partition coefficient (Wildman–Crippen LogP) is 3.44. The topological polar surface area (TPSA) is 55.2 Å². The smallest absolute Gasteiger partial charge is 0.292 e. The molecule has 4 nitrogen and oxygen atoms in total. The number of para-hydroxylation sites is 2. The molecule has 0 bridgehead atoms. The molecule has 0 amide bonds. The zero-order chi connectivity index (χ0) is 12.3. The monoisotopic (exact) mass is 222 g/mol. The quantitative estimate of drug-likeness (QED) is 0.629. The van der Waals surface area contributed by atoms with Gasteiger partial charge in [0, 0.05) is 12.1 Å². The molecule has 1 N–H and O–H groups in total. The van der Waals surface area contributed by atoms with Crippen molar-refractivity contribution in [2.24, 2.45) is 5.41 Å². The molecule has 0 aliphatic heterocycles. The van der Waals surface area contributed by atoms with E-state index in [1.54, 1.807) is 18.2 Å². The van der Waals surface area contributed by atoms with Gasteiger partial charge in [-0.3, -0.25) is 10.1 Å². The molecule has 16 heavy (non-hydrogen) atoms. The Morgan fingerprint density at radius 3 is 2.38 bits per heavy atom. The van der Waals surface area contributed by atoms with Crippen LogP contribution in [0.5, 0.6) is 0 Å². The normalized spacial score (nSPS) is 13.2. The van der Waals surface area contributed by atoms with Gasteiger partial charge >= 0.3 is 0 Å². The average Bonchev–Trinajstić information content (AvgIpc) is 2.16. The number of nitrogens with zero attached hydrogens (tertiary/aromatic N) is 1. The summed E-state index contributed by atoms with van der Waals surface area (Å²) in [5.41, 5.74) is 0.762.